The molecule has 0 radical (unpaired) electrons. The van der Waals surface area contributed by atoms with E-state index in [1.807, 2.05) is 24.4 Å². The quantitative estimate of drug-likeness (QED) is 0.780. The highest BCUT2D eigenvalue weighted by molar-refractivity contribution is 7.15. The van der Waals surface area contributed by atoms with Crippen molar-refractivity contribution in [3.05, 3.63) is 41.4 Å². The van der Waals surface area contributed by atoms with Gasteiger partial charge in [-0.25, -0.2) is 4.98 Å². The topological polar surface area (TPSA) is 57.2 Å². The lowest BCUT2D eigenvalue weighted by Crippen LogP contribution is -2.29. The number of nitrogens with one attached hydrogen (secondary N) is 2. The molecule has 1 fully saturated rings. The van der Waals surface area contributed by atoms with Crippen molar-refractivity contribution in [1.29, 1.82) is 0 Å². The summed E-state index contributed by atoms with van der Waals surface area (Å²) in [6, 6.07) is 10.2. The Kier molecular flexibility index (Phi) is 4.42. The van der Waals surface area contributed by atoms with E-state index in [1.54, 1.807) is 11.3 Å². The lowest BCUT2D eigenvalue weighted by Gasteiger charge is -2.13. The van der Waals surface area contributed by atoms with Crippen molar-refractivity contribution < 1.29 is 5.11 Å². The average molecular weight is 289 g/mol. The van der Waals surface area contributed by atoms with Gasteiger partial charge in [-0.15, -0.1) is 11.3 Å². The minimum Gasteiger partial charge on any atom is -0.391 e. The van der Waals surface area contributed by atoms with E-state index in [4.69, 9.17) is 0 Å². The molecule has 0 bridgehead atoms. The van der Waals surface area contributed by atoms with Crippen molar-refractivity contribution >= 4 is 11.3 Å². The second kappa shape index (κ2) is 6.45. The van der Waals surface area contributed by atoms with E-state index in [0.717, 1.165) is 24.6 Å². The molecule has 1 saturated heterocycles. The minimum atomic E-state index is -0.219. The highest BCUT2D eigenvalue weighted by Crippen LogP contribution is 2.24. The number of hydrogen-bond donors (Lipinski definition) is 3. The maximum atomic E-state index is 9.73. The molecule has 3 N–H and O–H groups in total. The van der Waals surface area contributed by atoms with E-state index in [0.29, 0.717) is 12.5 Å². The SMILES string of the molecule is OC1CNCC1CNCc1cnc(-c2ccccc2)s1. The molecule has 106 valence electrons. The van der Waals surface area contributed by atoms with Crippen LogP contribution in [0.25, 0.3) is 10.6 Å². The molecule has 0 aliphatic carbocycles. The fourth-order valence-corrected chi connectivity index (χ4v) is 3.30. The average Bonchev–Trinajstić information content (AvgIpc) is 3.10. The van der Waals surface area contributed by atoms with Crippen LogP contribution in [-0.4, -0.2) is 35.8 Å². The summed E-state index contributed by atoms with van der Waals surface area (Å²) in [5.41, 5.74) is 1.17. The Labute approximate surface area is 122 Å². The molecule has 1 aromatic carbocycles. The number of rotatable bonds is 5. The molecule has 5 heteroatoms. The Balaban J connectivity index is 1.53. The van der Waals surface area contributed by atoms with Gasteiger partial charge in [0.25, 0.3) is 0 Å². The summed E-state index contributed by atoms with van der Waals surface area (Å²) < 4.78 is 0. The van der Waals surface area contributed by atoms with E-state index >= 15 is 0 Å². The lowest BCUT2D eigenvalue weighted by atomic mass is 10.1. The van der Waals surface area contributed by atoms with E-state index < -0.39 is 0 Å². The fourth-order valence-electron chi connectivity index (χ4n) is 2.41. The van der Waals surface area contributed by atoms with Crippen LogP contribution in [0.15, 0.2) is 36.5 Å². The third-order valence-corrected chi connectivity index (χ3v) is 4.63. The van der Waals surface area contributed by atoms with Crippen molar-refractivity contribution in [3.8, 4) is 10.6 Å². The van der Waals surface area contributed by atoms with Gasteiger partial charge in [-0.2, -0.15) is 0 Å². The van der Waals surface area contributed by atoms with Crippen LogP contribution < -0.4 is 10.6 Å². The monoisotopic (exact) mass is 289 g/mol. The zero-order chi connectivity index (χ0) is 13.8. The normalized spacial score (nSPS) is 22.2. The van der Waals surface area contributed by atoms with Gasteiger partial charge >= 0.3 is 0 Å². The molecular formula is C15H19N3OS. The van der Waals surface area contributed by atoms with E-state index in [-0.39, 0.29) is 6.10 Å². The number of β-amino-alcohol motifs (C(OH)–C–C–N with tert-alkyl or cyclic N) is 1. The second-order valence-electron chi connectivity index (χ2n) is 5.11. The minimum absolute atomic E-state index is 0.219. The summed E-state index contributed by atoms with van der Waals surface area (Å²) in [7, 11) is 0. The van der Waals surface area contributed by atoms with Gasteiger partial charge in [0.15, 0.2) is 0 Å². The number of aliphatic hydroxyl groups excluding tert-OH is 1. The maximum absolute atomic E-state index is 9.73. The molecule has 0 amide bonds. The molecule has 3 rings (SSSR count). The molecule has 2 aromatic rings. The predicted molar refractivity (Wildman–Crippen MR) is 81.6 cm³/mol. The van der Waals surface area contributed by atoms with Gasteiger partial charge in [0.05, 0.1) is 6.10 Å². The van der Waals surface area contributed by atoms with Crippen LogP contribution in [0.4, 0.5) is 0 Å². The first kappa shape index (κ1) is 13.7. The Bertz CT molecular complexity index is 543. The van der Waals surface area contributed by atoms with Crippen molar-refractivity contribution in [3.63, 3.8) is 0 Å². The molecule has 0 spiro atoms. The number of aromatic nitrogens is 1. The molecule has 2 atom stereocenters. The first-order valence-electron chi connectivity index (χ1n) is 6.92. The summed E-state index contributed by atoms with van der Waals surface area (Å²) in [5, 5.41) is 17.4. The molecule has 1 aliphatic rings. The van der Waals surface area contributed by atoms with Gasteiger partial charge in [0, 0.05) is 48.7 Å². The molecule has 1 aromatic heterocycles. The van der Waals surface area contributed by atoms with Gasteiger partial charge in [-0.05, 0) is 0 Å². The number of nitrogens with zero attached hydrogens (tertiary/aromatic N) is 1. The molecule has 2 unspecified atom stereocenters. The van der Waals surface area contributed by atoms with Crippen molar-refractivity contribution in [2.24, 2.45) is 5.92 Å². The number of benzene rings is 1. The van der Waals surface area contributed by atoms with E-state index in [2.05, 4.69) is 27.8 Å². The highest BCUT2D eigenvalue weighted by atomic mass is 32.1. The van der Waals surface area contributed by atoms with E-state index in [9.17, 15) is 5.11 Å². The number of thiazole rings is 1. The smallest absolute Gasteiger partial charge is 0.123 e. The van der Waals surface area contributed by atoms with Gasteiger partial charge < -0.3 is 15.7 Å². The van der Waals surface area contributed by atoms with Crippen LogP contribution in [0.5, 0.6) is 0 Å². The molecular weight excluding hydrogens is 270 g/mol. The van der Waals surface area contributed by atoms with Crippen LogP contribution in [0.1, 0.15) is 4.88 Å². The highest BCUT2D eigenvalue weighted by Gasteiger charge is 2.24. The van der Waals surface area contributed by atoms with Gasteiger partial charge in [0.2, 0.25) is 0 Å². The van der Waals surface area contributed by atoms with Crippen LogP contribution in [0, 0.1) is 5.92 Å². The van der Waals surface area contributed by atoms with Crippen LogP contribution >= 0.6 is 11.3 Å². The summed E-state index contributed by atoms with van der Waals surface area (Å²) in [4.78, 5) is 5.69. The van der Waals surface area contributed by atoms with Gasteiger partial charge in [-0.3, -0.25) is 0 Å². The summed E-state index contributed by atoms with van der Waals surface area (Å²) in [5.74, 6) is 0.316. The standard InChI is InChI=1S/C15H19N3OS/c19-14-10-17-7-12(14)6-16-8-13-9-18-15(20-13)11-4-2-1-3-5-11/h1-5,9,12,14,16-17,19H,6-8,10H2. The Hall–Kier alpha value is -1.27. The summed E-state index contributed by atoms with van der Waals surface area (Å²) in [6.07, 6.45) is 1.72. The molecule has 4 nitrogen and oxygen atoms in total. The van der Waals surface area contributed by atoms with Crippen LogP contribution in [0.2, 0.25) is 0 Å². The molecule has 2 heterocycles. The summed E-state index contributed by atoms with van der Waals surface area (Å²) in [6.45, 7) is 3.26. The van der Waals surface area contributed by atoms with Crippen molar-refractivity contribution in [1.82, 2.24) is 15.6 Å². The molecule has 0 saturated carbocycles. The van der Waals surface area contributed by atoms with Crippen LogP contribution in [-0.2, 0) is 6.54 Å². The number of hydrogen-bond acceptors (Lipinski definition) is 5. The largest absolute Gasteiger partial charge is 0.391 e. The third-order valence-electron chi connectivity index (χ3n) is 3.58. The van der Waals surface area contributed by atoms with Gasteiger partial charge in [-0.1, -0.05) is 30.3 Å². The van der Waals surface area contributed by atoms with Crippen LogP contribution in [0.3, 0.4) is 0 Å². The first-order valence-corrected chi connectivity index (χ1v) is 7.74. The number of aliphatic hydroxyl groups is 1. The van der Waals surface area contributed by atoms with Crippen molar-refractivity contribution in [2.45, 2.75) is 12.6 Å². The third kappa shape index (κ3) is 3.24. The Morgan fingerprint density at radius 1 is 1.30 bits per heavy atom. The van der Waals surface area contributed by atoms with Gasteiger partial charge in [0.1, 0.15) is 5.01 Å². The van der Waals surface area contributed by atoms with E-state index in [1.165, 1.54) is 10.4 Å². The fraction of sp³-hybridized carbons (Fsp3) is 0.400. The molecule has 1 aliphatic heterocycles. The second-order valence-corrected chi connectivity index (χ2v) is 6.23. The lowest BCUT2D eigenvalue weighted by molar-refractivity contribution is 0.146. The summed E-state index contributed by atoms with van der Waals surface area (Å²) >= 11 is 1.72. The zero-order valence-corrected chi connectivity index (χ0v) is 12.1. The zero-order valence-electron chi connectivity index (χ0n) is 11.2. The maximum Gasteiger partial charge on any atom is 0.123 e. The predicted octanol–water partition coefficient (Wildman–Crippen LogP) is 1.48. The Morgan fingerprint density at radius 3 is 2.90 bits per heavy atom. The molecule has 20 heavy (non-hydrogen) atoms. The Morgan fingerprint density at radius 2 is 2.15 bits per heavy atom. The van der Waals surface area contributed by atoms with Crippen molar-refractivity contribution in [2.75, 3.05) is 19.6 Å². The first-order chi connectivity index (χ1) is 9.83.